The van der Waals surface area contributed by atoms with E-state index in [1.54, 1.807) is 0 Å². The predicted octanol–water partition coefficient (Wildman–Crippen LogP) is 3.90. The minimum Gasteiger partial charge on any atom is -0.466 e. The van der Waals surface area contributed by atoms with E-state index >= 15 is 0 Å². The van der Waals surface area contributed by atoms with Gasteiger partial charge in [0, 0.05) is 18.8 Å². The molecule has 0 aromatic heterocycles. The van der Waals surface area contributed by atoms with Gasteiger partial charge >= 0.3 is 5.97 Å². The topological polar surface area (TPSA) is 43.4 Å². The van der Waals surface area contributed by atoms with E-state index in [9.17, 15) is 9.59 Å². The van der Waals surface area contributed by atoms with Crippen LogP contribution in [0.1, 0.15) is 71.6 Å². The molecule has 0 heterocycles. The van der Waals surface area contributed by atoms with Crippen molar-refractivity contribution in [1.82, 2.24) is 0 Å². The van der Waals surface area contributed by atoms with E-state index in [4.69, 9.17) is 4.74 Å². The third-order valence-corrected chi connectivity index (χ3v) is 4.10. The van der Waals surface area contributed by atoms with Crippen LogP contribution in [-0.4, -0.2) is 18.4 Å². The zero-order valence-electron chi connectivity index (χ0n) is 12.5. The monoisotopic (exact) mass is 268 g/mol. The number of ether oxygens (including phenoxy) is 1. The average molecular weight is 268 g/mol. The van der Waals surface area contributed by atoms with Crippen molar-refractivity contribution in [2.24, 2.45) is 11.8 Å². The Kier molecular flexibility index (Phi) is 7.76. The van der Waals surface area contributed by atoms with Gasteiger partial charge in [-0.05, 0) is 25.7 Å². The Hall–Kier alpha value is -0.860. The maximum Gasteiger partial charge on any atom is 0.306 e. The molecular weight excluding hydrogens is 240 g/mol. The Labute approximate surface area is 117 Å². The van der Waals surface area contributed by atoms with Crippen molar-refractivity contribution in [2.75, 3.05) is 6.61 Å². The van der Waals surface area contributed by atoms with Crippen LogP contribution in [-0.2, 0) is 14.3 Å². The fraction of sp³-hybridized carbons (Fsp3) is 0.875. The van der Waals surface area contributed by atoms with Crippen molar-refractivity contribution in [2.45, 2.75) is 71.6 Å². The SMILES string of the molecule is CCCCCCCC1C(=O)CCC1CC(=O)OCC. The van der Waals surface area contributed by atoms with E-state index in [1.807, 2.05) is 6.92 Å². The van der Waals surface area contributed by atoms with Crippen LogP contribution in [0.3, 0.4) is 0 Å². The number of hydrogen-bond acceptors (Lipinski definition) is 3. The normalized spacial score (nSPS) is 22.7. The molecule has 2 unspecified atom stereocenters. The molecule has 0 radical (unpaired) electrons. The highest BCUT2D eigenvalue weighted by Crippen LogP contribution is 2.35. The van der Waals surface area contributed by atoms with Crippen LogP contribution in [0.15, 0.2) is 0 Å². The first-order chi connectivity index (χ1) is 9.19. The van der Waals surface area contributed by atoms with Crippen LogP contribution in [0.25, 0.3) is 0 Å². The lowest BCUT2D eigenvalue weighted by molar-refractivity contribution is -0.144. The van der Waals surface area contributed by atoms with Gasteiger partial charge in [0.2, 0.25) is 0 Å². The first-order valence-corrected chi connectivity index (χ1v) is 7.87. The summed E-state index contributed by atoms with van der Waals surface area (Å²) in [4.78, 5) is 23.4. The van der Waals surface area contributed by atoms with Gasteiger partial charge in [-0.15, -0.1) is 0 Å². The van der Waals surface area contributed by atoms with Crippen LogP contribution in [0.4, 0.5) is 0 Å². The second-order valence-corrected chi connectivity index (χ2v) is 5.58. The highest BCUT2D eigenvalue weighted by Gasteiger charge is 2.35. The van der Waals surface area contributed by atoms with Crippen molar-refractivity contribution in [1.29, 1.82) is 0 Å². The summed E-state index contributed by atoms with van der Waals surface area (Å²) in [6.45, 7) is 4.46. The van der Waals surface area contributed by atoms with Gasteiger partial charge in [0.25, 0.3) is 0 Å². The number of esters is 1. The molecule has 1 aliphatic carbocycles. The lowest BCUT2D eigenvalue weighted by Gasteiger charge is -2.17. The summed E-state index contributed by atoms with van der Waals surface area (Å²) in [6.07, 6.45) is 9.05. The van der Waals surface area contributed by atoms with Crippen LogP contribution in [0.5, 0.6) is 0 Å². The van der Waals surface area contributed by atoms with Crippen LogP contribution in [0, 0.1) is 11.8 Å². The molecule has 0 amide bonds. The molecule has 110 valence electrons. The molecular formula is C16H28O3. The number of ketones is 1. The van der Waals surface area contributed by atoms with E-state index < -0.39 is 0 Å². The van der Waals surface area contributed by atoms with Gasteiger partial charge in [-0.3, -0.25) is 9.59 Å². The average Bonchev–Trinajstić information content (AvgIpc) is 2.71. The Balaban J connectivity index is 2.31. The molecule has 0 spiro atoms. The molecule has 1 fully saturated rings. The molecule has 0 saturated heterocycles. The molecule has 1 rings (SSSR count). The van der Waals surface area contributed by atoms with Crippen molar-refractivity contribution in [3.05, 3.63) is 0 Å². The molecule has 0 N–H and O–H groups in total. The summed E-state index contributed by atoms with van der Waals surface area (Å²) in [5.74, 6) is 0.576. The second-order valence-electron chi connectivity index (χ2n) is 5.58. The van der Waals surface area contributed by atoms with E-state index in [1.165, 1.54) is 25.7 Å². The standard InChI is InChI=1S/C16H28O3/c1-3-5-6-7-8-9-14-13(10-11-15(14)17)12-16(18)19-4-2/h13-14H,3-12H2,1-2H3. The van der Waals surface area contributed by atoms with Crippen molar-refractivity contribution < 1.29 is 14.3 Å². The third-order valence-electron chi connectivity index (χ3n) is 4.10. The Morgan fingerprint density at radius 3 is 2.63 bits per heavy atom. The van der Waals surface area contributed by atoms with E-state index in [0.717, 1.165) is 19.3 Å². The molecule has 0 aliphatic heterocycles. The highest BCUT2D eigenvalue weighted by atomic mass is 16.5. The minimum atomic E-state index is -0.141. The smallest absolute Gasteiger partial charge is 0.306 e. The molecule has 1 aliphatic rings. The van der Waals surface area contributed by atoms with Gasteiger partial charge in [0.15, 0.2) is 0 Å². The number of rotatable bonds is 9. The van der Waals surface area contributed by atoms with Gasteiger partial charge in [-0.25, -0.2) is 0 Å². The highest BCUT2D eigenvalue weighted by molar-refractivity contribution is 5.84. The summed E-state index contributed by atoms with van der Waals surface area (Å²) in [5.41, 5.74) is 0. The molecule has 1 saturated carbocycles. The van der Waals surface area contributed by atoms with E-state index in [-0.39, 0.29) is 17.8 Å². The maximum absolute atomic E-state index is 11.9. The Morgan fingerprint density at radius 1 is 1.21 bits per heavy atom. The summed E-state index contributed by atoms with van der Waals surface area (Å²) in [7, 11) is 0. The minimum absolute atomic E-state index is 0.117. The molecule has 0 bridgehead atoms. The Morgan fingerprint density at radius 2 is 1.95 bits per heavy atom. The van der Waals surface area contributed by atoms with Crippen molar-refractivity contribution >= 4 is 11.8 Å². The second kappa shape index (κ2) is 9.11. The fourth-order valence-corrected chi connectivity index (χ4v) is 3.02. The van der Waals surface area contributed by atoms with Gasteiger partial charge < -0.3 is 4.74 Å². The van der Waals surface area contributed by atoms with Crippen molar-refractivity contribution in [3.8, 4) is 0 Å². The Bertz CT molecular complexity index is 286. The molecule has 2 atom stereocenters. The first-order valence-electron chi connectivity index (χ1n) is 7.87. The lowest BCUT2D eigenvalue weighted by Crippen LogP contribution is -2.19. The van der Waals surface area contributed by atoms with Gasteiger partial charge in [0.05, 0.1) is 6.61 Å². The van der Waals surface area contributed by atoms with Gasteiger partial charge in [-0.2, -0.15) is 0 Å². The molecule has 19 heavy (non-hydrogen) atoms. The summed E-state index contributed by atoms with van der Waals surface area (Å²) in [5, 5.41) is 0. The van der Waals surface area contributed by atoms with E-state index in [2.05, 4.69) is 6.92 Å². The van der Waals surface area contributed by atoms with E-state index in [0.29, 0.717) is 25.2 Å². The summed E-state index contributed by atoms with van der Waals surface area (Å²) in [6, 6.07) is 0. The molecule has 0 aromatic rings. The zero-order valence-corrected chi connectivity index (χ0v) is 12.5. The lowest BCUT2D eigenvalue weighted by atomic mass is 9.88. The third kappa shape index (κ3) is 5.75. The summed E-state index contributed by atoms with van der Waals surface area (Å²) < 4.78 is 4.99. The zero-order chi connectivity index (χ0) is 14.1. The number of hydrogen-bond donors (Lipinski definition) is 0. The molecule has 0 aromatic carbocycles. The first kappa shape index (κ1) is 16.2. The largest absolute Gasteiger partial charge is 0.466 e. The number of carbonyl (C=O) groups excluding carboxylic acids is 2. The quantitative estimate of drug-likeness (QED) is 0.470. The predicted molar refractivity (Wildman–Crippen MR) is 75.8 cm³/mol. The van der Waals surface area contributed by atoms with Crippen LogP contribution >= 0.6 is 0 Å². The van der Waals surface area contributed by atoms with Crippen molar-refractivity contribution in [3.63, 3.8) is 0 Å². The van der Waals surface area contributed by atoms with Crippen LogP contribution < -0.4 is 0 Å². The van der Waals surface area contributed by atoms with Gasteiger partial charge in [0.1, 0.15) is 5.78 Å². The number of carbonyl (C=O) groups is 2. The fourth-order valence-electron chi connectivity index (χ4n) is 3.02. The number of unbranched alkanes of at least 4 members (excludes halogenated alkanes) is 4. The molecule has 3 heteroatoms. The maximum atomic E-state index is 11.9. The molecule has 3 nitrogen and oxygen atoms in total. The van der Waals surface area contributed by atoms with Gasteiger partial charge in [-0.1, -0.05) is 39.0 Å². The number of Topliss-reactive ketones (excluding diaryl/α,β-unsaturated/α-hetero) is 1. The van der Waals surface area contributed by atoms with Crippen LogP contribution in [0.2, 0.25) is 0 Å². The summed E-state index contributed by atoms with van der Waals surface area (Å²) >= 11 is 0.